The molecule has 1 aliphatic carbocycles. The summed E-state index contributed by atoms with van der Waals surface area (Å²) in [6, 6.07) is 2.16. The molecule has 2 unspecified atom stereocenters. The van der Waals surface area contributed by atoms with Gasteiger partial charge in [0.2, 0.25) is 5.89 Å². The van der Waals surface area contributed by atoms with Crippen LogP contribution in [0.2, 0.25) is 0 Å². The molecule has 0 bridgehead atoms. The Balaban J connectivity index is 1.20. The summed E-state index contributed by atoms with van der Waals surface area (Å²) < 4.78 is 5.94. The zero-order valence-electron chi connectivity index (χ0n) is 15.6. The highest BCUT2D eigenvalue weighted by atomic mass is 16.4. The van der Waals surface area contributed by atoms with Crippen LogP contribution >= 0.6 is 0 Å². The van der Waals surface area contributed by atoms with E-state index in [2.05, 4.69) is 44.7 Å². The minimum Gasteiger partial charge on any atom is -0.444 e. The highest BCUT2D eigenvalue weighted by molar-refractivity contribution is 5.41. The summed E-state index contributed by atoms with van der Waals surface area (Å²) in [5.74, 6) is 5.58. The summed E-state index contributed by atoms with van der Waals surface area (Å²) in [5.41, 5.74) is 1.13. The molecule has 26 heavy (non-hydrogen) atoms. The van der Waals surface area contributed by atoms with Gasteiger partial charge in [-0.2, -0.15) is 0 Å². The van der Waals surface area contributed by atoms with Crippen LogP contribution < -0.4 is 4.90 Å². The van der Waals surface area contributed by atoms with Gasteiger partial charge in [-0.3, -0.25) is 4.90 Å². The topological polar surface area (TPSA) is 58.3 Å². The van der Waals surface area contributed by atoms with E-state index in [1.807, 2.05) is 6.20 Å². The first-order chi connectivity index (χ1) is 12.7. The molecule has 0 amide bonds. The van der Waals surface area contributed by atoms with Gasteiger partial charge < -0.3 is 9.32 Å². The molecule has 2 atom stereocenters. The third kappa shape index (κ3) is 3.11. The van der Waals surface area contributed by atoms with Crippen molar-refractivity contribution in [2.45, 2.75) is 45.1 Å². The Labute approximate surface area is 154 Å². The SMILES string of the molecule is CC(C)c1cc(N2CC3CN(Cc4ncc(C5CC5)o4)CC3C2)ncn1. The van der Waals surface area contributed by atoms with Crippen molar-refractivity contribution in [1.29, 1.82) is 0 Å². The normalized spacial score (nSPS) is 26.0. The van der Waals surface area contributed by atoms with Gasteiger partial charge >= 0.3 is 0 Å². The molecule has 3 aliphatic rings. The van der Waals surface area contributed by atoms with Gasteiger partial charge in [0.05, 0.1) is 12.7 Å². The smallest absolute Gasteiger partial charge is 0.208 e. The highest BCUT2D eigenvalue weighted by Gasteiger charge is 2.40. The second kappa shape index (κ2) is 6.34. The third-order valence-corrected chi connectivity index (χ3v) is 6.06. The molecule has 6 heteroatoms. The number of anilines is 1. The number of oxazole rings is 1. The lowest BCUT2D eigenvalue weighted by Gasteiger charge is -2.22. The summed E-state index contributed by atoms with van der Waals surface area (Å²) in [5, 5.41) is 0. The molecule has 2 aromatic rings. The summed E-state index contributed by atoms with van der Waals surface area (Å²) in [6.07, 6.45) is 6.18. The Kier molecular flexibility index (Phi) is 3.96. The molecule has 5 rings (SSSR count). The number of nitrogens with zero attached hydrogens (tertiary/aromatic N) is 5. The van der Waals surface area contributed by atoms with Crippen LogP contribution in [0, 0.1) is 11.8 Å². The molecule has 0 aromatic carbocycles. The van der Waals surface area contributed by atoms with Crippen LogP contribution in [-0.4, -0.2) is 46.0 Å². The van der Waals surface area contributed by atoms with E-state index in [1.54, 1.807) is 6.33 Å². The van der Waals surface area contributed by atoms with Crippen molar-refractivity contribution in [3.63, 3.8) is 0 Å². The van der Waals surface area contributed by atoms with Crippen LogP contribution in [0.4, 0.5) is 5.82 Å². The zero-order chi connectivity index (χ0) is 17.7. The summed E-state index contributed by atoms with van der Waals surface area (Å²) in [6.45, 7) is 9.66. The van der Waals surface area contributed by atoms with Crippen molar-refractivity contribution in [3.05, 3.63) is 35.9 Å². The van der Waals surface area contributed by atoms with Crippen LogP contribution in [0.1, 0.15) is 55.9 Å². The molecule has 138 valence electrons. The van der Waals surface area contributed by atoms with Gasteiger partial charge in [0.25, 0.3) is 0 Å². The predicted octanol–water partition coefficient (Wildman–Crippen LogP) is 3.03. The second-order valence-electron chi connectivity index (χ2n) is 8.51. The van der Waals surface area contributed by atoms with E-state index in [1.165, 1.54) is 12.8 Å². The van der Waals surface area contributed by atoms with Crippen molar-refractivity contribution in [1.82, 2.24) is 19.9 Å². The van der Waals surface area contributed by atoms with Crippen molar-refractivity contribution in [3.8, 4) is 0 Å². The Morgan fingerprint density at radius 3 is 2.54 bits per heavy atom. The molecular formula is C20H27N5O. The van der Waals surface area contributed by atoms with E-state index in [-0.39, 0.29) is 0 Å². The standard InChI is InChI=1S/C20H27N5O/c1-13(2)17-5-19(23-12-22-17)25-9-15-7-24(8-16(15)10-25)11-20-21-6-18(26-20)14-3-4-14/h5-6,12-16H,3-4,7-11H2,1-2H3. The van der Waals surface area contributed by atoms with Gasteiger partial charge in [-0.05, 0) is 30.6 Å². The van der Waals surface area contributed by atoms with Gasteiger partial charge in [0, 0.05) is 43.9 Å². The monoisotopic (exact) mass is 353 g/mol. The van der Waals surface area contributed by atoms with Crippen LogP contribution in [0.3, 0.4) is 0 Å². The quantitative estimate of drug-likeness (QED) is 0.823. The Morgan fingerprint density at radius 2 is 1.85 bits per heavy atom. The molecule has 1 saturated carbocycles. The lowest BCUT2D eigenvalue weighted by molar-refractivity contribution is 0.270. The second-order valence-corrected chi connectivity index (χ2v) is 8.51. The highest BCUT2D eigenvalue weighted by Crippen LogP contribution is 2.40. The molecule has 0 N–H and O–H groups in total. The number of aromatic nitrogens is 3. The van der Waals surface area contributed by atoms with E-state index >= 15 is 0 Å². The average Bonchev–Trinajstić information content (AvgIpc) is 3.07. The van der Waals surface area contributed by atoms with Gasteiger partial charge in [-0.1, -0.05) is 13.8 Å². The van der Waals surface area contributed by atoms with Crippen LogP contribution in [-0.2, 0) is 6.54 Å². The number of hydrogen-bond donors (Lipinski definition) is 0. The predicted molar refractivity (Wildman–Crippen MR) is 99.1 cm³/mol. The third-order valence-electron chi connectivity index (χ3n) is 6.06. The average molecular weight is 353 g/mol. The first-order valence-electron chi connectivity index (χ1n) is 9.89. The summed E-state index contributed by atoms with van der Waals surface area (Å²) in [4.78, 5) is 18.4. The van der Waals surface area contributed by atoms with Crippen molar-refractivity contribution in [2.75, 3.05) is 31.1 Å². The van der Waals surface area contributed by atoms with E-state index in [9.17, 15) is 0 Å². The molecular weight excluding hydrogens is 326 g/mol. The summed E-state index contributed by atoms with van der Waals surface area (Å²) in [7, 11) is 0. The lowest BCUT2D eigenvalue weighted by Crippen LogP contribution is -2.29. The molecule has 2 saturated heterocycles. The maximum Gasteiger partial charge on any atom is 0.208 e. The van der Waals surface area contributed by atoms with Crippen molar-refractivity contribution >= 4 is 5.82 Å². The zero-order valence-corrected chi connectivity index (χ0v) is 15.6. The number of rotatable bonds is 5. The molecule has 2 aliphatic heterocycles. The van der Waals surface area contributed by atoms with Crippen LogP contribution in [0.5, 0.6) is 0 Å². The molecule has 4 heterocycles. The Morgan fingerprint density at radius 1 is 1.08 bits per heavy atom. The number of hydrogen-bond acceptors (Lipinski definition) is 6. The maximum absolute atomic E-state index is 5.94. The summed E-state index contributed by atoms with van der Waals surface area (Å²) >= 11 is 0. The maximum atomic E-state index is 5.94. The van der Waals surface area contributed by atoms with E-state index in [0.29, 0.717) is 23.7 Å². The first-order valence-corrected chi connectivity index (χ1v) is 9.89. The van der Waals surface area contributed by atoms with Crippen LogP contribution in [0.25, 0.3) is 0 Å². The van der Waals surface area contributed by atoms with Gasteiger partial charge in [0.1, 0.15) is 17.9 Å². The Bertz CT molecular complexity index is 770. The van der Waals surface area contributed by atoms with Gasteiger partial charge in [0.15, 0.2) is 0 Å². The van der Waals surface area contributed by atoms with Crippen molar-refractivity contribution in [2.24, 2.45) is 11.8 Å². The number of likely N-dealkylation sites (tertiary alicyclic amines) is 1. The fourth-order valence-electron chi connectivity index (χ4n) is 4.40. The van der Waals surface area contributed by atoms with Gasteiger partial charge in [-0.25, -0.2) is 15.0 Å². The first kappa shape index (κ1) is 16.2. The van der Waals surface area contributed by atoms with Crippen LogP contribution in [0.15, 0.2) is 23.0 Å². The van der Waals surface area contributed by atoms with E-state index in [0.717, 1.165) is 55.9 Å². The van der Waals surface area contributed by atoms with E-state index < -0.39 is 0 Å². The molecule has 3 fully saturated rings. The molecule has 6 nitrogen and oxygen atoms in total. The molecule has 0 radical (unpaired) electrons. The molecule has 2 aromatic heterocycles. The van der Waals surface area contributed by atoms with E-state index in [4.69, 9.17) is 4.42 Å². The Hall–Kier alpha value is -1.95. The minimum absolute atomic E-state index is 0.440. The fourth-order valence-corrected chi connectivity index (χ4v) is 4.40. The number of fused-ring (bicyclic) bond motifs is 1. The molecule has 0 spiro atoms. The fraction of sp³-hybridized carbons (Fsp3) is 0.650. The van der Waals surface area contributed by atoms with Gasteiger partial charge in [-0.15, -0.1) is 0 Å². The minimum atomic E-state index is 0.440. The largest absolute Gasteiger partial charge is 0.444 e. The van der Waals surface area contributed by atoms with Crippen molar-refractivity contribution < 1.29 is 4.42 Å². The lowest BCUT2D eigenvalue weighted by atomic mass is 10.0.